The summed E-state index contributed by atoms with van der Waals surface area (Å²) in [5, 5.41) is 10.9. The normalized spacial score (nSPS) is 12.0. The van der Waals surface area contributed by atoms with Gasteiger partial charge in [0.15, 0.2) is 0 Å². The topological polar surface area (TPSA) is 81.3 Å². The predicted molar refractivity (Wildman–Crippen MR) is 128 cm³/mol. The first-order chi connectivity index (χ1) is 15.1. The third kappa shape index (κ3) is 4.44. The van der Waals surface area contributed by atoms with Crippen molar-refractivity contribution in [3.05, 3.63) is 72.1 Å². The summed E-state index contributed by atoms with van der Waals surface area (Å²) in [5.74, 6) is -0.979. The number of hydrogen-bond donors (Lipinski definition) is 1. The van der Waals surface area contributed by atoms with Gasteiger partial charge in [0.1, 0.15) is 6.54 Å². The van der Waals surface area contributed by atoms with Gasteiger partial charge in [-0.25, -0.2) is 12.4 Å². The van der Waals surface area contributed by atoms with Crippen LogP contribution < -0.4 is 0 Å². The predicted octanol–water partition coefficient (Wildman–Crippen LogP) is 5.59. The second kappa shape index (κ2) is 8.69. The molecule has 0 aliphatic carbocycles. The maximum atomic E-state index is 13.1. The lowest BCUT2D eigenvalue weighted by Crippen LogP contribution is -2.10. The van der Waals surface area contributed by atoms with E-state index in [1.54, 1.807) is 59.1 Å². The first-order valence-corrected chi connectivity index (χ1v) is 12.6. The second-order valence-corrected chi connectivity index (χ2v) is 11.5. The van der Waals surface area contributed by atoms with Gasteiger partial charge in [-0.1, -0.05) is 31.5 Å². The highest BCUT2D eigenvalue weighted by molar-refractivity contribution is 7.99. The van der Waals surface area contributed by atoms with E-state index in [0.29, 0.717) is 21.4 Å². The Labute approximate surface area is 195 Å². The van der Waals surface area contributed by atoms with Gasteiger partial charge >= 0.3 is 5.97 Å². The van der Waals surface area contributed by atoms with Crippen LogP contribution in [0.15, 0.2) is 76.9 Å². The molecule has 2 heterocycles. The molecule has 0 amide bonds. The second-order valence-electron chi connectivity index (χ2n) is 7.60. The molecule has 2 aromatic carbocycles. The summed E-state index contributed by atoms with van der Waals surface area (Å²) < 4.78 is 29.0. The number of aromatic nitrogens is 2. The molecule has 0 bridgehead atoms. The largest absolute Gasteiger partial charge is 0.480 e. The maximum absolute atomic E-state index is 13.1. The van der Waals surface area contributed by atoms with Gasteiger partial charge in [0, 0.05) is 50.3 Å². The number of aliphatic carboxylic acids is 1. The number of carboxylic acids is 1. The van der Waals surface area contributed by atoms with E-state index in [4.69, 9.17) is 11.6 Å². The average molecular weight is 489 g/mol. The van der Waals surface area contributed by atoms with Crippen LogP contribution in [0.3, 0.4) is 0 Å². The molecule has 0 radical (unpaired) electrons. The van der Waals surface area contributed by atoms with Crippen LogP contribution in [-0.2, 0) is 21.4 Å². The highest BCUT2D eigenvalue weighted by Crippen LogP contribution is 2.33. The summed E-state index contributed by atoms with van der Waals surface area (Å²) in [5.41, 5.74) is 2.07. The number of fused-ring (bicyclic) bond motifs is 1. The molecule has 0 atom stereocenters. The number of carbonyl (C=O) groups is 1. The summed E-state index contributed by atoms with van der Waals surface area (Å²) >= 11 is 7.78. The van der Waals surface area contributed by atoms with Crippen LogP contribution in [0.1, 0.15) is 13.8 Å². The molecule has 0 unspecified atom stereocenters. The molecule has 0 saturated heterocycles. The molecule has 166 valence electrons. The van der Waals surface area contributed by atoms with Crippen molar-refractivity contribution < 1.29 is 18.3 Å². The number of hydrogen-bond acceptors (Lipinski definition) is 4. The molecule has 32 heavy (non-hydrogen) atoms. The molecule has 0 aliphatic rings. The van der Waals surface area contributed by atoms with Crippen LogP contribution in [0.5, 0.6) is 0 Å². The van der Waals surface area contributed by atoms with Crippen molar-refractivity contribution in [2.75, 3.05) is 0 Å². The third-order valence-electron chi connectivity index (χ3n) is 4.90. The number of thioether (sulfide) groups is 1. The number of benzene rings is 2. The number of nitrogens with zero attached hydrogens (tertiary/aromatic N) is 2. The van der Waals surface area contributed by atoms with Crippen molar-refractivity contribution in [2.45, 2.75) is 35.4 Å². The van der Waals surface area contributed by atoms with Crippen LogP contribution in [0.2, 0.25) is 5.02 Å². The van der Waals surface area contributed by atoms with Crippen molar-refractivity contribution in [2.24, 2.45) is 0 Å². The molecular formula is C23H21ClN2O4S2. The Bertz CT molecular complexity index is 1400. The summed E-state index contributed by atoms with van der Waals surface area (Å²) in [4.78, 5) is 12.5. The van der Waals surface area contributed by atoms with Crippen molar-refractivity contribution in [1.82, 2.24) is 8.54 Å². The zero-order valence-corrected chi connectivity index (χ0v) is 19.8. The fourth-order valence-corrected chi connectivity index (χ4v) is 5.74. The summed E-state index contributed by atoms with van der Waals surface area (Å²) in [7, 11) is -3.76. The summed E-state index contributed by atoms with van der Waals surface area (Å²) in [6.07, 6.45) is 4.75. The summed E-state index contributed by atoms with van der Waals surface area (Å²) in [6, 6.07) is 13.8. The van der Waals surface area contributed by atoms with Gasteiger partial charge in [-0.15, -0.1) is 11.8 Å². The van der Waals surface area contributed by atoms with Crippen molar-refractivity contribution >= 4 is 50.3 Å². The highest BCUT2D eigenvalue weighted by Gasteiger charge is 2.19. The van der Waals surface area contributed by atoms with E-state index in [1.165, 1.54) is 10.2 Å². The molecule has 0 aliphatic heterocycles. The Morgan fingerprint density at radius 2 is 1.81 bits per heavy atom. The lowest BCUT2D eigenvalue weighted by Gasteiger charge is -2.08. The Hall–Kier alpha value is -2.68. The molecule has 6 nitrogen and oxygen atoms in total. The molecule has 9 heteroatoms. The fourth-order valence-electron chi connectivity index (χ4n) is 3.54. The molecule has 4 rings (SSSR count). The third-order valence-corrected chi connectivity index (χ3v) is 7.80. The fraction of sp³-hybridized carbons (Fsp3) is 0.174. The van der Waals surface area contributed by atoms with E-state index in [-0.39, 0.29) is 11.4 Å². The van der Waals surface area contributed by atoms with Crippen LogP contribution in [-0.4, -0.2) is 33.3 Å². The number of halogens is 1. The van der Waals surface area contributed by atoms with Crippen molar-refractivity contribution in [1.29, 1.82) is 0 Å². The SMILES string of the molecule is CC(C)Sc1ccc(S(=O)(=O)n2ccc(-c3cn(CC(=O)O)c4cc(Cl)ccc34)c2)cc1. The molecule has 1 N–H and O–H groups in total. The first-order valence-electron chi connectivity index (χ1n) is 9.86. The van der Waals surface area contributed by atoms with Crippen LogP contribution in [0, 0.1) is 0 Å². The smallest absolute Gasteiger partial charge is 0.323 e. The minimum absolute atomic E-state index is 0.202. The van der Waals surface area contributed by atoms with Gasteiger partial charge in [0.2, 0.25) is 0 Å². The van der Waals surface area contributed by atoms with E-state index >= 15 is 0 Å². The zero-order valence-electron chi connectivity index (χ0n) is 17.4. The lowest BCUT2D eigenvalue weighted by molar-refractivity contribution is -0.137. The lowest BCUT2D eigenvalue weighted by atomic mass is 10.1. The monoisotopic (exact) mass is 488 g/mol. The van der Waals surface area contributed by atoms with E-state index in [2.05, 4.69) is 13.8 Å². The standard InChI is InChI=1S/C23H21ClN2O4S2/c1-15(2)31-18-4-6-19(7-5-18)32(29,30)26-10-9-16(12-26)21-13-25(14-23(27)28)22-11-17(24)3-8-20(21)22/h3-13,15H,14H2,1-2H3,(H,27,28). The Morgan fingerprint density at radius 1 is 1.09 bits per heavy atom. The minimum Gasteiger partial charge on any atom is -0.480 e. The van der Waals surface area contributed by atoms with Crippen LogP contribution in [0.4, 0.5) is 0 Å². The Kier molecular flexibility index (Phi) is 6.11. The quantitative estimate of drug-likeness (QED) is 0.343. The summed E-state index contributed by atoms with van der Waals surface area (Å²) in [6.45, 7) is 3.94. The van der Waals surface area contributed by atoms with Gasteiger partial charge in [0.05, 0.1) is 10.4 Å². The Morgan fingerprint density at radius 3 is 2.47 bits per heavy atom. The van der Waals surface area contributed by atoms with Gasteiger partial charge in [0.25, 0.3) is 10.0 Å². The first kappa shape index (κ1) is 22.5. The van der Waals surface area contributed by atoms with Gasteiger partial charge in [-0.05, 0) is 42.5 Å². The Balaban J connectivity index is 1.72. The average Bonchev–Trinajstić information content (AvgIpc) is 3.33. The van der Waals surface area contributed by atoms with E-state index < -0.39 is 16.0 Å². The van der Waals surface area contributed by atoms with Crippen LogP contribution in [0.25, 0.3) is 22.0 Å². The number of rotatable bonds is 7. The molecule has 0 saturated carbocycles. The molecule has 0 fully saturated rings. The maximum Gasteiger partial charge on any atom is 0.323 e. The van der Waals surface area contributed by atoms with Crippen molar-refractivity contribution in [3.8, 4) is 11.1 Å². The van der Waals surface area contributed by atoms with Crippen LogP contribution >= 0.6 is 23.4 Å². The minimum atomic E-state index is -3.76. The zero-order chi connectivity index (χ0) is 23.0. The highest BCUT2D eigenvalue weighted by atomic mass is 35.5. The van der Waals surface area contributed by atoms with Gasteiger partial charge < -0.3 is 9.67 Å². The molecule has 4 aromatic rings. The van der Waals surface area contributed by atoms with Crippen molar-refractivity contribution in [3.63, 3.8) is 0 Å². The van der Waals surface area contributed by atoms with Gasteiger partial charge in [-0.2, -0.15) is 0 Å². The molecule has 0 spiro atoms. The molecule has 2 aromatic heterocycles. The van der Waals surface area contributed by atoms with Gasteiger partial charge in [-0.3, -0.25) is 4.79 Å². The van der Waals surface area contributed by atoms with E-state index in [9.17, 15) is 18.3 Å². The molecular weight excluding hydrogens is 468 g/mol. The number of carboxylic acid groups (broad SMARTS) is 1. The van der Waals surface area contributed by atoms with E-state index in [1.807, 2.05) is 18.2 Å². The van der Waals surface area contributed by atoms with E-state index in [0.717, 1.165) is 15.8 Å².